The Kier molecular flexibility index (Phi) is 6.05. The van der Waals surface area contributed by atoms with Gasteiger partial charge in [-0.05, 0) is 23.8 Å². The second kappa shape index (κ2) is 9.23. The van der Waals surface area contributed by atoms with Gasteiger partial charge in [0.2, 0.25) is 11.0 Å². The first-order valence-corrected chi connectivity index (χ1v) is 10.2. The van der Waals surface area contributed by atoms with E-state index in [2.05, 4.69) is 44.5 Å². The Balaban J connectivity index is 1.34. The van der Waals surface area contributed by atoms with Gasteiger partial charge in [-0.3, -0.25) is 15.1 Å². The first-order valence-electron chi connectivity index (χ1n) is 9.38. The van der Waals surface area contributed by atoms with E-state index in [1.54, 1.807) is 24.5 Å². The Morgan fingerprint density at radius 2 is 1.87 bits per heavy atom. The molecule has 1 aromatic carbocycles. The fraction of sp³-hybridized carbons (Fsp3) is 0.136. The largest absolute Gasteiger partial charge is 0.477 e. The zero-order chi connectivity index (χ0) is 20.8. The summed E-state index contributed by atoms with van der Waals surface area (Å²) in [4.78, 5) is 20.7. The van der Waals surface area contributed by atoms with Crippen LogP contribution in [-0.4, -0.2) is 32.7 Å². The predicted octanol–water partition coefficient (Wildman–Crippen LogP) is 4.43. The van der Waals surface area contributed by atoms with E-state index in [1.807, 2.05) is 30.3 Å². The molecule has 0 unspecified atom stereocenters. The molecule has 0 radical (unpaired) electrons. The SMILES string of the molecule is C[C@H](COc1ccc(C(=O)Nc2nnc(-c3ccncc3)s2)cn1)c1ccccc1. The Morgan fingerprint density at radius 3 is 2.60 bits per heavy atom. The number of hydrogen-bond acceptors (Lipinski definition) is 7. The van der Waals surface area contributed by atoms with E-state index in [4.69, 9.17) is 4.74 Å². The molecule has 0 saturated heterocycles. The van der Waals surface area contributed by atoms with E-state index in [9.17, 15) is 4.79 Å². The Bertz CT molecular complexity index is 1100. The molecule has 1 N–H and O–H groups in total. The number of carbonyl (C=O) groups excluding carboxylic acids is 1. The van der Waals surface area contributed by atoms with Crippen molar-refractivity contribution in [3.63, 3.8) is 0 Å². The van der Waals surface area contributed by atoms with E-state index >= 15 is 0 Å². The number of rotatable bonds is 7. The lowest BCUT2D eigenvalue weighted by molar-refractivity contribution is 0.102. The molecule has 0 spiro atoms. The van der Waals surface area contributed by atoms with Crippen LogP contribution in [-0.2, 0) is 0 Å². The summed E-state index contributed by atoms with van der Waals surface area (Å²) in [6, 6.07) is 17.2. The minimum absolute atomic E-state index is 0.239. The molecule has 0 fully saturated rings. The minimum Gasteiger partial charge on any atom is -0.477 e. The highest BCUT2D eigenvalue weighted by Crippen LogP contribution is 2.26. The molecule has 0 aliphatic rings. The number of aromatic nitrogens is 4. The lowest BCUT2D eigenvalue weighted by atomic mass is 10.0. The van der Waals surface area contributed by atoms with Gasteiger partial charge in [-0.25, -0.2) is 4.98 Å². The van der Waals surface area contributed by atoms with Gasteiger partial charge in [-0.2, -0.15) is 0 Å². The minimum atomic E-state index is -0.302. The number of hydrogen-bond donors (Lipinski definition) is 1. The number of carbonyl (C=O) groups is 1. The first kappa shape index (κ1) is 19.7. The van der Waals surface area contributed by atoms with Crippen molar-refractivity contribution in [2.75, 3.05) is 11.9 Å². The van der Waals surface area contributed by atoms with Crippen molar-refractivity contribution in [3.8, 4) is 16.5 Å². The lowest BCUT2D eigenvalue weighted by Gasteiger charge is -2.13. The Morgan fingerprint density at radius 1 is 1.07 bits per heavy atom. The molecule has 30 heavy (non-hydrogen) atoms. The predicted molar refractivity (Wildman–Crippen MR) is 116 cm³/mol. The molecule has 0 aliphatic carbocycles. The number of nitrogens with one attached hydrogen (secondary N) is 1. The van der Waals surface area contributed by atoms with Crippen LogP contribution in [0.2, 0.25) is 0 Å². The number of pyridine rings is 2. The van der Waals surface area contributed by atoms with Gasteiger partial charge in [0, 0.05) is 36.1 Å². The van der Waals surface area contributed by atoms with Crippen LogP contribution >= 0.6 is 11.3 Å². The van der Waals surface area contributed by atoms with Crippen LogP contribution in [0.1, 0.15) is 28.8 Å². The maximum absolute atomic E-state index is 12.5. The molecule has 150 valence electrons. The number of benzene rings is 1. The van der Waals surface area contributed by atoms with Crippen molar-refractivity contribution in [2.24, 2.45) is 0 Å². The van der Waals surface area contributed by atoms with Gasteiger partial charge in [-0.15, -0.1) is 10.2 Å². The van der Waals surface area contributed by atoms with E-state index in [0.29, 0.717) is 28.2 Å². The summed E-state index contributed by atoms with van der Waals surface area (Å²) in [6.45, 7) is 2.60. The van der Waals surface area contributed by atoms with Crippen molar-refractivity contribution >= 4 is 22.4 Å². The number of nitrogens with zero attached hydrogens (tertiary/aromatic N) is 4. The molecule has 1 amide bonds. The van der Waals surface area contributed by atoms with Crippen molar-refractivity contribution in [1.82, 2.24) is 20.2 Å². The first-order chi connectivity index (χ1) is 14.7. The molecular weight excluding hydrogens is 398 g/mol. The topological polar surface area (TPSA) is 89.9 Å². The lowest BCUT2D eigenvalue weighted by Crippen LogP contribution is -2.12. The molecule has 4 rings (SSSR count). The second-order valence-corrected chi connectivity index (χ2v) is 7.59. The van der Waals surface area contributed by atoms with E-state index in [-0.39, 0.29) is 11.8 Å². The molecule has 3 aromatic heterocycles. The normalized spacial score (nSPS) is 11.6. The summed E-state index contributed by atoms with van der Waals surface area (Å²) in [5, 5.41) is 12.0. The van der Waals surface area contributed by atoms with Gasteiger partial charge in [0.05, 0.1) is 12.2 Å². The van der Waals surface area contributed by atoms with Crippen LogP contribution in [0, 0.1) is 0 Å². The average Bonchev–Trinajstić information content (AvgIpc) is 3.27. The molecule has 7 nitrogen and oxygen atoms in total. The molecular formula is C22H19N5O2S. The quantitative estimate of drug-likeness (QED) is 0.478. The fourth-order valence-corrected chi connectivity index (χ4v) is 3.49. The molecule has 8 heteroatoms. The van der Waals surface area contributed by atoms with Gasteiger partial charge in [0.15, 0.2) is 0 Å². The Labute approximate surface area is 177 Å². The van der Waals surface area contributed by atoms with Crippen LogP contribution in [0.3, 0.4) is 0 Å². The summed E-state index contributed by atoms with van der Waals surface area (Å²) in [6.07, 6.45) is 4.86. The van der Waals surface area contributed by atoms with Crippen LogP contribution in [0.25, 0.3) is 10.6 Å². The van der Waals surface area contributed by atoms with Crippen molar-refractivity contribution < 1.29 is 9.53 Å². The highest BCUT2D eigenvalue weighted by molar-refractivity contribution is 7.18. The van der Waals surface area contributed by atoms with Gasteiger partial charge >= 0.3 is 0 Å². The van der Waals surface area contributed by atoms with Gasteiger partial charge < -0.3 is 4.74 Å². The third-order valence-electron chi connectivity index (χ3n) is 4.42. The monoisotopic (exact) mass is 417 g/mol. The second-order valence-electron chi connectivity index (χ2n) is 6.61. The zero-order valence-electron chi connectivity index (χ0n) is 16.2. The van der Waals surface area contributed by atoms with Crippen molar-refractivity contribution in [3.05, 3.63) is 84.3 Å². The average molecular weight is 417 g/mol. The molecule has 4 aromatic rings. The van der Waals surface area contributed by atoms with Crippen LogP contribution in [0.5, 0.6) is 5.88 Å². The third-order valence-corrected chi connectivity index (χ3v) is 5.31. The number of anilines is 1. The molecule has 1 atom stereocenters. The summed E-state index contributed by atoms with van der Waals surface area (Å²) >= 11 is 1.29. The third kappa shape index (κ3) is 4.84. The molecule has 0 saturated carbocycles. The van der Waals surface area contributed by atoms with E-state index in [1.165, 1.54) is 23.1 Å². The molecule has 0 bridgehead atoms. The maximum atomic E-state index is 12.5. The van der Waals surface area contributed by atoms with E-state index in [0.717, 1.165) is 5.56 Å². The van der Waals surface area contributed by atoms with Gasteiger partial charge in [-0.1, -0.05) is 48.6 Å². The van der Waals surface area contributed by atoms with Crippen molar-refractivity contribution in [2.45, 2.75) is 12.8 Å². The molecule has 0 aliphatic heterocycles. The van der Waals surface area contributed by atoms with Crippen molar-refractivity contribution in [1.29, 1.82) is 0 Å². The summed E-state index contributed by atoms with van der Waals surface area (Å²) in [7, 11) is 0. The number of ether oxygens (including phenoxy) is 1. The smallest absolute Gasteiger partial charge is 0.259 e. The fourth-order valence-electron chi connectivity index (χ4n) is 2.74. The highest BCUT2D eigenvalue weighted by atomic mass is 32.1. The van der Waals surface area contributed by atoms with Gasteiger partial charge in [0.25, 0.3) is 5.91 Å². The Hall–Kier alpha value is -3.65. The van der Waals surface area contributed by atoms with Crippen LogP contribution in [0.4, 0.5) is 5.13 Å². The number of amides is 1. The van der Waals surface area contributed by atoms with Crippen LogP contribution < -0.4 is 10.1 Å². The van der Waals surface area contributed by atoms with Gasteiger partial charge in [0.1, 0.15) is 5.01 Å². The van der Waals surface area contributed by atoms with E-state index < -0.39 is 0 Å². The summed E-state index contributed by atoms with van der Waals surface area (Å²) in [5.41, 5.74) is 2.52. The summed E-state index contributed by atoms with van der Waals surface area (Å²) < 4.78 is 5.76. The standard InChI is InChI=1S/C22H19N5O2S/c1-15(16-5-3-2-4-6-16)14-29-19-8-7-18(13-24-19)20(28)25-22-27-26-21(30-22)17-9-11-23-12-10-17/h2-13,15H,14H2,1H3,(H,25,27,28)/t15-/m1/s1. The van der Waals surface area contributed by atoms with Crippen LogP contribution in [0.15, 0.2) is 73.2 Å². The zero-order valence-corrected chi connectivity index (χ0v) is 17.0. The maximum Gasteiger partial charge on any atom is 0.259 e. The highest BCUT2D eigenvalue weighted by Gasteiger charge is 2.12. The summed E-state index contributed by atoms with van der Waals surface area (Å²) in [5.74, 6) is 0.414. The molecule has 3 heterocycles.